The van der Waals surface area contributed by atoms with E-state index in [4.69, 9.17) is 0 Å². The average molecular weight is 396 g/mol. The summed E-state index contributed by atoms with van der Waals surface area (Å²) in [6, 6.07) is 11.8. The van der Waals surface area contributed by atoms with Crippen molar-refractivity contribution in [1.82, 2.24) is 15.0 Å². The number of phenols is 1. The topological polar surface area (TPSA) is 71.2 Å². The van der Waals surface area contributed by atoms with Crippen molar-refractivity contribution in [2.75, 3.05) is 6.61 Å². The van der Waals surface area contributed by atoms with Gasteiger partial charge in [0.1, 0.15) is 22.5 Å². The van der Waals surface area contributed by atoms with Gasteiger partial charge in [0.15, 0.2) is 0 Å². The van der Waals surface area contributed by atoms with Crippen molar-refractivity contribution in [2.45, 2.75) is 65.7 Å². The fourth-order valence-corrected chi connectivity index (χ4v) is 3.83. The van der Waals surface area contributed by atoms with Crippen molar-refractivity contribution < 1.29 is 10.2 Å². The second-order valence-corrected chi connectivity index (χ2v) is 9.10. The van der Waals surface area contributed by atoms with Crippen LogP contribution in [0.3, 0.4) is 0 Å². The number of aromatic hydroxyl groups is 1. The summed E-state index contributed by atoms with van der Waals surface area (Å²) in [5.74, 6) is 0.223. The number of aliphatic hydroxyl groups is 1. The number of benzene rings is 2. The lowest BCUT2D eigenvalue weighted by Crippen LogP contribution is -2.24. The molecular formula is C24H33N3O2. The predicted molar refractivity (Wildman–Crippen MR) is 118 cm³/mol. The third kappa shape index (κ3) is 4.30. The molecule has 0 aliphatic heterocycles. The number of aromatic nitrogens is 3. The summed E-state index contributed by atoms with van der Waals surface area (Å²) in [7, 11) is 0. The third-order valence-electron chi connectivity index (χ3n) is 6.24. The van der Waals surface area contributed by atoms with Crippen LogP contribution in [0.25, 0.3) is 16.7 Å². The molecule has 0 saturated heterocycles. The van der Waals surface area contributed by atoms with Gasteiger partial charge < -0.3 is 10.2 Å². The second-order valence-electron chi connectivity index (χ2n) is 9.10. The number of aryl methyl sites for hydroxylation is 1. The minimum Gasteiger partial charge on any atom is -0.505 e. The van der Waals surface area contributed by atoms with Crippen LogP contribution < -0.4 is 0 Å². The van der Waals surface area contributed by atoms with Crippen LogP contribution in [0.2, 0.25) is 0 Å². The number of phenolic OH excluding ortho intramolecular Hbond substituents is 1. The van der Waals surface area contributed by atoms with Crippen molar-refractivity contribution in [3.63, 3.8) is 0 Å². The first kappa shape index (κ1) is 21.3. The van der Waals surface area contributed by atoms with E-state index in [1.165, 1.54) is 4.80 Å². The zero-order chi connectivity index (χ0) is 21.2. The number of hydrogen-bond donors (Lipinski definition) is 2. The summed E-state index contributed by atoms with van der Waals surface area (Å²) in [6.45, 7) is 10.8. The maximum Gasteiger partial charge on any atom is 0.146 e. The monoisotopic (exact) mass is 395 g/mol. The molecule has 0 unspecified atom stereocenters. The quantitative estimate of drug-likeness (QED) is 0.580. The summed E-state index contributed by atoms with van der Waals surface area (Å²) in [4.78, 5) is 1.54. The SMILES string of the molecule is CCC(CC)(CO)CCc1cc(-n2nc3ccccc3n2)c(O)c(C(C)(C)C)c1. The Balaban J connectivity index is 2.07. The first-order chi connectivity index (χ1) is 13.7. The van der Waals surface area contributed by atoms with E-state index in [-0.39, 0.29) is 23.2 Å². The zero-order valence-corrected chi connectivity index (χ0v) is 18.2. The molecule has 1 aromatic heterocycles. The van der Waals surface area contributed by atoms with Gasteiger partial charge in [-0.3, -0.25) is 0 Å². The highest BCUT2D eigenvalue weighted by molar-refractivity contribution is 5.73. The molecule has 2 N–H and O–H groups in total. The van der Waals surface area contributed by atoms with Crippen LogP contribution in [0.4, 0.5) is 0 Å². The highest BCUT2D eigenvalue weighted by atomic mass is 16.3. The van der Waals surface area contributed by atoms with Gasteiger partial charge in [0.2, 0.25) is 0 Å². The van der Waals surface area contributed by atoms with E-state index in [0.717, 1.165) is 47.8 Å². The van der Waals surface area contributed by atoms with Crippen LogP contribution in [0.15, 0.2) is 36.4 Å². The van der Waals surface area contributed by atoms with Crippen molar-refractivity contribution in [1.29, 1.82) is 0 Å². The highest BCUT2D eigenvalue weighted by Crippen LogP contribution is 2.38. The Hall–Kier alpha value is -2.40. The van der Waals surface area contributed by atoms with E-state index < -0.39 is 0 Å². The van der Waals surface area contributed by atoms with E-state index in [0.29, 0.717) is 5.69 Å². The molecule has 0 bridgehead atoms. The molecule has 0 amide bonds. The molecule has 0 saturated carbocycles. The third-order valence-corrected chi connectivity index (χ3v) is 6.24. The first-order valence-electron chi connectivity index (χ1n) is 10.5. The molecule has 0 fully saturated rings. The maximum atomic E-state index is 11.1. The Kier molecular flexibility index (Phi) is 5.99. The molecule has 0 aliphatic carbocycles. The fraction of sp³-hybridized carbons (Fsp3) is 0.500. The lowest BCUT2D eigenvalue weighted by atomic mass is 9.77. The maximum absolute atomic E-state index is 11.1. The van der Waals surface area contributed by atoms with Crippen LogP contribution in [0.5, 0.6) is 5.75 Å². The Morgan fingerprint density at radius 3 is 2.03 bits per heavy atom. The summed E-state index contributed by atoms with van der Waals surface area (Å²) >= 11 is 0. The van der Waals surface area contributed by atoms with Gasteiger partial charge >= 0.3 is 0 Å². The molecule has 3 rings (SSSR count). The average Bonchev–Trinajstić information content (AvgIpc) is 3.13. The summed E-state index contributed by atoms with van der Waals surface area (Å²) in [6.07, 6.45) is 3.63. The fourth-order valence-electron chi connectivity index (χ4n) is 3.83. The molecule has 156 valence electrons. The Morgan fingerprint density at radius 1 is 0.966 bits per heavy atom. The van der Waals surface area contributed by atoms with Gasteiger partial charge in [-0.05, 0) is 60.3 Å². The van der Waals surface area contributed by atoms with Gasteiger partial charge in [0.25, 0.3) is 0 Å². The molecule has 2 aromatic carbocycles. The molecule has 29 heavy (non-hydrogen) atoms. The molecular weight excluding hydrogens is 362 g/mol. The molecule has 3 aromatic rings. The number of fused-ring (bicyclic) bond motifs is 1. The molecule has 0 spiro atoms. The number of hydrogen-bond acceptors (Lipinski definition) is 4. The van der Waals surface area contributed by atoms with E-state index in [1.54, 1.807) is 0 Å². The number of aliphatic hydroxyl groups excluding tert-OH is 1. The lowest BCUT2D eigenvalue weighted by molar-refractivity contribution is 0.106. The summed E-state index contributed by atoms with van der Waals surface area (Å²) in [5, 5.41) is 30.1. The molecule has 0 aliphatic rings. The van der Waals surface area contributed by atoms with E-state index >= 15 is 0 Å². The molecule has 5 heteroatoms. The van der Waals surface area contributed by atoms with E-state index in [1.807, 2.05) is 30.3 Å². The van der Waals surface area contributed by atoms with Gasteiger partial charge in [-0.2, -0.15) is 0 Å². The van der Waals surface area contributed by atoms with Gasteiger partial charge in [0, 0.05) is 12.2 Å². The van der Waals surface area contributed by atoms with Crippen molar-refractivity contribution in [2.24, 2.45) is 5.41 Å². The Morgan fingerprint density at radius 2 is 1.55 bits per heavy atom. The van der Waals surface area contributed by atoms with Crippen LogP contribution in [-0.4, -0.2) is 31.8 Å². The minimum absolute atomic E-state index is 0.0570. The Labute approximate surface area is 173 Å². The van der Waals surface area contributed by atoms with Crippen LogP contribution in [-0.2, 0) is 11.8 Å². The normalized spacial score (nSPS) is 12.6. The van der Waals surface area contributed by atoms with E-state index in [9.17, 15) is 10.2 Å². The van der Waals surface area contributed by atoms with Crippen LogP contribution in [0, 0.1) is 5.41 Å². The molecule has 0 atom stereocenters. The largest absolute Gasteiger partial charge is 0.505 e. The molecule has 0 radical (unpaired) electrons. The van der Waals surface area contributed by atoms with Gasteiger partial charge in [-0.15, -0.1) is 15.0 Å². The zero-order valence-electron chi connectivity index (χ0n) is 18.2. The summed E-state index contributed by atoms with van der Waals surface area (Å²) in [5.41, 5.74) is 3.93. The van der Waals surface area contributed by atoms with Crippen molar-refractivity contribution in [3.8, 4) is 11.4 Å². The number of rotatable bonds is 7. The summed E-state index contributed by atoms with van der Waals surface area (Å²) < 4.78 is 0. The van der Waals surface area contributed by atoms with Gasteiger partial charge in [-0.1, -0.05) is 52.8 Å². The lowest BCUT2D eigenvalue weighted by Gasteiger charge is -2.30. The van der Waals surface area contributed by atoms with Crippen LogP contribution in [0.1, 0.15) is 65.0 Å². The van der Waals surface area contributed by atoms with E-state index in [2.05, 4.69) is 50.9 Å². The highest BCUT2D eigenvalue weighted by Gasteiger charge is 2.27. The second kappa shape index (κ2) is 8.15. The predicted octanol–water partition coefficient (Wildman–Crippen LogP) is 5.15. The van der Waals surface area contributed by atoms with Crippen molar-refractivity contribution >= 4 is 11.0 Å². The molecule has 5 nitrogen and oxygen atoms in total. The molecule has 1 heterocycles. The smallest absolute Gasteiger partial charge is 0.146 e. The van der Waals surface area contributed by atoms with Crippen LogP contribution >= 0.6 is 0 Å². The van der Waals surface area contributed by atoms with Crippen molar-refractivity contribution in [3.05, 3.63) is 47.5 Å². The first-order valence-corrected chi connectivity index (χ1v) is 10.5. The standard InChI is InChI=1S/C24H33N3O2/c1-6-24(7-2,16-28)13-12-17-14-18(23(3,4)5)22(29)21(15-17)27-25-19-10-8-9-11-20(19)26-27/h8-11,14-15,28-29H,6-7,12-13,16H2,1-5H3. The Bertz CT molecular complexity index is 940. The number of nitrogens with zero attached hydrogens (tertiary/aromatic N) is 3. The van der Waals surface area contributed by atoms with Gasteiger partial charge in [-0.25, -0.2) is 0 Å². The van der Waals surface area contributed by atoms with Gasteiger partial charge in [0.05, 0.1) is 0 Å². The minimum atomic E-state index is -0.217.